The van der Waals surface area contributed by atoms with Gasteiger partial charge in [0.05, 0.1) is 25.7 Å². The lowest BCUT2D eigenvalue weighted by molar-refractivity contribution is -0.151. The minimum Gasteiger partial charge on any atom is -0.391 e. The molecule has 7 N–H and O–H groups in total. The molecule has 2 aliphatic carbocycles. The zero-order valence-electron chi connectivity index (χ0n) is 67.2. The van der Waals surface area contributed by atoms with Crippen LogP contribution in [0.25, 0.3) is 0 Å². The summed E-state index contributed by atoms with van der Waals surface area (Å²) in [6.07, 6.45) is 9.60. The second kappa shape index (κ2) is 43.1. The molecule has 105 heavy (non-hydrogen) atoms. The van der Waals surface area contributed by atoms with Crippen LogP contribution < -0.4 is 31.9 Å². The standard InChI is InChI=1S/C77H135N13O15/c1-20-34-90-44-65(94)85(16)59(39-49(6)7)68(96)80-56(38-48(4)5)72(100)88(19)62(42-54-32-26-22-27-33-54)75(103)84(15)51(10)67(95)79-57(74(102)89-35-28-23-29-36-89)43-63(92)78-55(37-47(2)3)71(99)87(18)61(41-53-30-24-21-25-31-53)69(97)81-58(45-105-46-64(93)83-77(12,13)14)73(101)86(17)60(40-50(8)9)70(98)82-66(52(11)91)76(90)104/h47-62,66,91H,20-46H2,1-19H3,(H,78,92)(H,79,95)(H,80,96)(H,81,97)(H,82,98)(H,83,93)/t51-,52+,55+,56-,57-,58-,59-,60-,61-,62-,66-/m0/s1. The summed E-state index contributed by atoms with van der Waals surface area (Å²) >= 11 is 0. The zero-order chi connectivity index (χ0) is 78.9. The van der Waals surface area contributed by atoms with Crippen molar-refractivity contribution < 1.29 is 72.2 Å². The van der Waals surface area contributed by atoms with E-state index in [4.69, 9.17) is 4.74 Å². The van der Waals surface area contributed by atoms with Crippen LogP contribution >= 0.6 is 0 Å². The molecule has 2 heterocycles. The quantitative estimate of drug-likeness (QED) is 0.0872. The molecule has 0 spiro atoms. The third-order valence-electron chi connectivity index (χ3n) is 20.9. The van der Waals surface area contributed by atoms with Crippen LogP contribution in [0, 0.1) is 35.5 Å². The van der Waals surface area contributed by atoms with Crippen molar-refractivity contribution in [3.8, 4) is 0 Å². The van der Waals surface area contributed by atoms with Crippen LogP contribution in [0.5, 0.6) is 0 Å². The Balaban J connectivity index is 1.98. The van der Waals surface area contributed by atoms with E-state index in [1.807, 2.05) is 55.4 Å². The van der Waals surface area contributed by atoms with Crippen LogP contribution in [0.3, 0.4) is 0 Å². The highest BCUT2D eigenvalue weighted by molar-refractivity contribution is 6.00. The molecule has 28 heteroatoms. The van der Waals surface area contributed by atoms with Gasteiger partial charge in [-0.25, -0.2) is 0 Å². The van der Waals surface area contributed by atoms with Gasteiger partial charge < -0.3 is 76.0 Å². The van der Waals surface area contributed by atoms with Crippen molar-refractivity contribution in [3.05, 3.63) is 0 Å². The van der Waals surface area contributed by atoms with E-state index in [1.165, 1.54) is 73.6 Å². The van der Waals surface area contributed by atoms with Crippen molar-refractivity contribution >= 4 is 76.8 Å². The molecule has 4 aliphatic rings. The van der Waals surface area contributed by atoms with Gasteiger partial charge in [0.1, 0.15) is 67.0 Å². The largest absolute Gasteiger partial charge is 0.391 e. The van der Waals surface area contributed by atoms with Gasteiger partial charge in [-0.05, 0) is 134 Å². The highest BCUT2D eigenvalue weighted by Gasteiger charge is 2.44. The number of rotatable bonds is 20. The number of carbonyl (C=O) groups is 13. The lowest BCUT2D eigenvalue weighted by atomic mass is 9.84. The number of hydrogen-bond donors (Lipinski definition) is 7. The molecule has 11 atom stereocenters. The molecule has 2 saturated heterocycles. The maximum atomic E-state index is 15.4. The first-order valence-electron chi connectivity index (χ1n) is 39.1. The van der Waals surface area contributed by atoms with Gasteiger partial charge in [-0.2, -0.15) is 0 Å². The molecule has 2 aliphatic heterocycles. The summed E-state index contributed by atoms with van der Waals surface area (Å²) in [5, 5.41) is 28.5. The number of likely N-dealkylation sites (tertiary alicyclic amines) is 1. The van der Waals surface area contributed by atoms with Gasteiger partial charge in [-0.1, -0.05) is 127 Å². The number of aliphatic hydroxyl groups excluding tert-OH is 1. The molecule has 0 radical (unpaired) electrons. The highest BCUT2D eigenvalue weighted by Crippen LogP contribution is 2.32. The van der Waals surface area contributed by atoms with Gasteiger partial charge in [-0.15, -0.1) is 0 Å². The Kier molecular flexibility index (Phi) is 37.1. The second-order valence-corrected chi connectivity index (χ2v) is 33.2. The number of nitrogens with one attached hydrogen (secondary N) is 6. The first-order chi connectivity index (χ1) is 49.2. The third kappa shape index (κ3) is 28.6. The van der Waals surface area contributed by atoms with Crippen LogP contribution in [0.1, 0.15) is 232 Å². The summed E-state index contributed by atoms with van der Waals surface area (Å²) in [5.41, 5.74) is -0.668. The SMILES string of the molecule is CCCN1CC(=O)N(C)[C@@H](CC(C)C)C(=O)N[C@@H](CC(C)C)C(=O)N(C)[C@@H](CC2CCCCC2)C(=O)N(C)[C@@H](C)C(=O)N[C@H](C(=O)N2CCCCC2)CC(=O)N[C@H](CC(C)C)C(=O)N(C)[C@@H](CC2CCCCC2)C(=O)N[C@@H](COCC(=O)NC(C)(C)C)C(=O)N(C)[C@@H](CC(C)C)C(=O)N[C@@H]([C@@H](C)O)C1=O. The minimum atomic E-state index is -1.69. The number of nitrogens with zero attached hydrogens (tertiary/aromatic N) is 7. The van der Waals surface area contributed by atoms with E-state index in [9.17, 15) is 38.7 Å². The normalized spacial score (nSPS) is 26.6. The average molecular weight is 1480 g/mol. The Labute approximate surface area is 626 Å². The van der Waals surface area contributed by atoms with Crippen molar-refractivity contribution in [2.45, 2.75) is 304 Å². The molecule has 0 aromatic carbocycles. The summed E-state index contributed by atoms with van der Waals surface area (Å²) in [5.74, 6) is -10.1. The van der Waals surface area contributed by atoms with E-state index in [2.05, 4.69) is 31.9 Å². The van der Waals surface area contributed by atoms with Gasteiger partial charge in [-0.3, -0.25) is 62.3 Å². The van der Waals surface area contributed by atoms with Crippen molar-refractivity contribution in [2.24, 2.45) is 35.5 Å². The van der Waals surface area contributed by atoms with Crippen molar-refractivity contribution in [3.63, 3.8) is 0 Å². The van der Waals surface area contributed by atoms with Gasteiger partial charge in [0, 0.05) is 60.4 Å². The molecular formula is C77H135N13O15. The second-order valence-electron chi connectivity index (χ2n) is 33.2. The number of hydrogen-bond acceptors (Lipinski definition) is 15. The zero-order valence-corrected chi connectivity index (χ0v) is 67.2. The van der Waals surface area contributed by atoms with Crippen molar-refractivity contribution in [1.82, 2.24) is 66.2 Å². The number of likely N-dealkylation sites (N-methyl/N-ethyl adjacent to an activating group) is 5. The Morgan fingerprint density at radius 3 is 1.45 bits per heavy atom. The maximum absolute atomic E-state index is 15.4. The molecule has 2 saturated carbocycles. The molecule has 598 valence electrons. The minimum absolute atomic E-state index is 0.00878. The Bertz CT molecular complexity index is 2900. The average Bonchev–Trinajstić information content (AvgIpc) is 0.825. The van der Waals surface area contributed by atoms with Crippen LogP contribution in [0.2, 0.25) is 0 Å². The van der Waals surface area contributed by atoms with Gasteiger partial charge in [0.15, 0.2) is 0 Å². The summed E-state index contributed by atoms with van der Waals surface area (Å²) in [6.45, 7) is 23.6. The predicted molar refractivity (Wildman–Crippen MR) is 401 cm³/mol. The van der Waals surface area contributed by atoms with E-state index in [0.29, 0.717) is 32.4 Å². The molecule has 4 fully saturated rings. The number of amides is 13. The Hall–Kier alpha value is -6.97. The van der Waals surface area contributed by atoms with Gasteiger partial charge in [0.2, 0.25) is 76.8 Å². The first kappa shape index (κ1) is 90.4. The fraction of sp³-hybridized carbons (Fsp3) is 0.831. The molecule has 0 bridgehead atoms. The molecule has 0 unspecified atom stereocenters. The fourth-order valence-corrected chi connectivity index (χ4v) is 14.8. The van der Waals surface area contributed by atoms with Crippen molar-refractivity contribution in [2.75, 3.05) is 74.6 Å². The van der Waals surface area contributed by atoms with Gasteiger partial charge >= 0.3 is 0 Å². The number of piperidine rings is 1. The first-order valence-corrected chi connectivity index (χ1v) is 39.1. The lowest BCUT2D eigenvalue weighted by Gasteiger charge is -2.38. The van der Waals surface area contributed by atoms with E-state index in [0.717, 1.165) is 75.5 Å². The smallest absolute Gasteiger partial charge is 0.248 e. The summed E-state index contributed by atoms with van der Waals surface area (Å²) in [7, 11) is 7.16. The van der Waals surface area contributed by atoms with Crippen LogP contribution in [0.4, 0.5) is 0 Å². The van der Waals surface area contributed by atoms with E-state index >= 15 is 28.8 Å². The van der Waals surface area contributed by atoms with E-state index in [-0.39, 0.29) is 80.6 Å². The number of carbonyl (C=O) groups excluding carboxylic acids is 13. The summed E-state index contributed by atoms with van der Waals surface area (Å²) in [4.78, 5) is 203. The number of aliphatic hydroxyl groups is 1. The fourth-order valence-electron chi connectivity index (χ4n) is 14.8. The highest BCUT2D eigenvalue weighted by atomic mass is 16.5. The molecule has 28 nitrogen and oxygen atoms in total. The predicted octanol–water partition coefficient (Wildman–Crippen LogP) is 4.66. The van der Waals surface area contributed by atoms with E-state index < -0.39 is 175 Å². The Morgan fingerprint density at radius 2 is 0.952 bits per heavy atom. The molecule has 0 aromatic rings. The summed E-state index contributed by atoms with van der Waals surface area (Å²) in [6, 6.07) is -13.6. The lowest BCUT2D eigenvalue weighted by Crippen LogP contribution is -2.62. The molecule has 13 amide bonds. The monoisotopic (exact) mass is 1480 g/mol. The van der Waals surface area contributed by atoms with Crippen LogP contribution in [-0.4, -0.2) is 263 Å². The molecular weight excluding hydrogens is 1350 g/mol. The Morgan fingerprint density at radius 1 is 0.514 bits per heavy atom. The maximum Gasteiger partial charge on any atom is 0.248 e. The third-order valence-corrected chi connectivity index (χ3v) is 20.9. The topological polar surface area (TPSA) is 346 Å². The molecule has 0 aromatic heterocycles. The van der Waals surface area contributed by atoms with Crippen LogP contribution in [-0.2, 0) is 67.1 Å². The molecule has 4 rings (SSSR count). The number of ether oxygens (including phenoxy) is 1. The van der Waals surface area contributed by atoms with E-state index in [1.54, 1.807) is 32.6 Å². The van der Waals surface area contributed by atoms with Crippen molar-refractivity contribution in [1.29, 1.82) is 0 Å². The summed E-state index contributed by atoms with van der Waals surface area (Å²) < 4.78 is 5.93. The van der Waals surface area contributed by atoms with Crippen LogP contribution in [0.15, 0.2) is 0 Å². The van der Waals surface area contributed by atoms with Gasteiger partial charge in [0.25, 0.3) is 0 Å².